The SMILES string of the molecule is Cc1cc(C(=O)COC(=O)Cn2nnc3ccccc32)c(C)s1. The number of rotatable bonds is 5. The third-order valence-corrected chi connectivity index (χ3v) is 4.37. The predicted molar refractivity (Wildman–Crippen MR) is 86.6 cm³/mol. The summed E-state index contributed by atoms with van der Waals surface area (Å²) in [6.07, 6.45) is 0. The first kappa shape index (κ1) is 15.4. The number of carbonyl (C=O) groups excluding carboxylic acids is 2. The molecule has 6 nitrogen and oxygen atoms in total. The molecule has 0 saturated carbocycles. The smallest absolute Gasteiger partial charge is 0.328 e. The highest BCUT2D eigenvalue weighted by Gasteiger charge is 2.15. The number of benzene rings is 1. The van der Waals surface area contributed by atoms with Gasteiger partial charge in [0.25, 0.3) is 0 Å². The molecular formula is C16H15N3O3S. The number of nitrogens with zero attached hydrogens (tertiary/aromatic N) is 3. The minimum atomic E-state index is -0.515. The highest BCUT2D eigenvalue weighted by atomic mass is 32.1. The summed E-state index contributed by atoms with van der Waals surface area (Å²) in [5.41, 5.74) is 2.08. The number of esters is 1. The predicted octanol–water partition coefficient (Wildman–Crippen LogP) is 2.54. The molecule has 7 heteroatoms. The summed E-state index contributed by atoms with van der Waals surface area (Å²) in [6, 6.07) is 9.16. The topological polar surface area (TPSA) is 74.1 Å². The molecule has 0 N–H and O–H groups in total. The fourth-order valence-electron chi connectivity index (χ4n) is 2.33. The molecule has 1 aromatic carbocycles. The van der Waals surface area contributed by atoms with Gasteiger partial charge in [0.05, 0.1) is 5.52 Å². The van der Waals surface area contributed by atoms with E-state index < -0.39 is 5.97 Å². The highest BCUT2D eigenvalue weighted by Crippen LogP contribution is 2.21. The number of fused-ring (bicyclic) bond motifs is 1. The van der Waals surface area contributed by atoms with Crippen LogP contribution in [-0.4, -0.2) is 33.4 Å². The highest BCUT2D eigenvalue weighted by molar-refractivity contribution is 7.12. The van der Waals surface area contributed by atoms with E-state index in [1.807, 2.05) is 44.2 Å². The van der Waals surface area contributed by atoms with E-state index in [0.29, 0.717) is 11.1 Å². The molecule has 0 aliphatic rings. The number of carbonyl (C=O) groups is 2. The molecule has 118 valence electrons. The maximum absolute atomic E-state index is 12.1. The van der Waals surface area contributed by atoms with Crippen LogP contribution >= 0.6 is 11.3 Å². The van der Waals surface area contributed by atoms with E-state index in [0.717, 1.165) is 15.3 Å². The molecule has 0 amide bonds. The molecule has 0 unspecified atom stereocenters. The Hall–Kier alpha value is -2.54. The summed E-state index contributed by atoms with van der Waals surface area (Å²) in [5.74, 6) is -0.706. The van der Waals surface area contributed by atoms with Crippen molar-refractivity contribution < 1.29 is 14.3 Å². The van der Waals surface area contributed by atoms with E-state index >= 15 is 0 Å². The van der Waals surface area contributed by atoms with Crippen molar-refractivity contribution in [2.75, 3.05) is 6.61 Å². The molecule has 0 aliphatic heterocycles. The number of ether oxygens (including phenoxy) is 1. The van der Waals surface area contributed by atoms with Crippen molar-refractivity contribution in [3.8, 4) is 0 Å². The molecule has 2 heterocycles. The van der Waals surface area contributed by atoms with Gasteiger partial charge < -0.3 is 4.74 Å². The largest absolute Gasteiger partial charge is 0.456 e. The lowest BCUT2D eigenvalue weighted by atomic mass is 10.2. The molecule has 0 spiro atoms. The van der Waals surface area contributed by atoms with E-state index in [1.54, 1.807) is 11.3 Å². The van der Waals surface area contributed by atoms with E-state index in [1.165, 1.54) is 4.68 Å². The fraction of sp³-hybridized carbons (Fsp3) is 0.250. The van der Waals surface area contributed by atoms with Crippen molar-refractivity contribution >= 4 is 34.1 Å². The van der Waals surface area contributed by atoms with Crippen LogP contribution in [0, 0.1) is 13.8 Å². The molecule has 2 aromatic heterocycles. The normalized spacial score (nSPS) is 10.9. The van der Waals surface area contributed by atoms with Crippen LogP contribution in [0.5, 0.6) is 0 Å². The first-order valence-electron chi connectivity index (χ1n) is 7.08. The number of aromatic nitrogens is 3. The van der Waals surface area contributed by atoms with Crippen LogP contribution in [-0.2, 0) is 16.1 Å². The van der Waals surface area contributed by atoms with Crippen molar-refractivity contribution in [2.45, 2.75) is 20.4 Å². The van der Waals surface area contributed by atoms with Crippen molar-refractivity contribution in [1.82, 2.24) is 15.0 Å². The van der Waals surface area contributed by atoms with Gasteiger partial charge in [0.2, 0.25) is 5.78 Å². The average Bonchev–Trinajstić information content (AvgIpc) is 3.08. The fourth-order valence-corrected chi connectivity index (χ4v) is 3.28. The van der Waals surface area contributed by atoms with Gasteiger partial charge >= 0.3 is 5.97 Å². The van der Waals surface area contributed by atoms with Gasteiger partial charge in [-0.25, -0.2) is 4.68 Å². The molecule has 0 saturated heterocycles. The Morgan fingerprint density at radius 3 is 2.78 bits per heavy atom. The van der Waals surface area contributed by atoms with Crippen molar-refractivity contribution in [3.05, 3.63) is 45.6 Å². The maximum atomic E-state index is 12.1. The van der Waals surface area contributed by atoms with Crippen LogP contribution in [0.1, 0.15) is 20.1 Å². The van der Waals surface area contributed by atoms with Crippen LogP contribution in [0.25, 0.3) is 11.0 Å². The summed E-state index contributed by atoms with van der Waals surface area (Å²) in [6.45, 7) is 3.49. The molecule has 23 heavy (non-hydrogen) atoms. The summed E-state index contributed by atoms with van der Waals surface area (Å²) in [5, 5.41) is 7.89. The number of ketones is 1. The van der Waals surface area contributed by atoms with Crippen LogP contribution in [0.3, 0.4) is 0 Å². The van der Waals surface area contributed by atoms with Crippen LogP contribution in [0.4, 0.5) is 0 Å². The van der Waals surface area contributed by atoms with E-state index in [4.69, 9.17) is 4.74 Å². The van der Waals surface area contributed by atoms with Gasteiger partial charge in [-0.1, -0.05) is 17.3 Å². The summed E-state index contributed by atoms with van der Waals surface area (Å²) in [4.78, 5) is 26.0. The maximum Gasteiger partial charge on any atom is 0.328 e. The van der Waals surface area contributed by atoms with Gasteiger partial charge in [-0.05, 0) is 32.0 Å². The third-order valence-electron chi connectivity index (χ3n) is 3.40. The Kier molecular flexibility index (Phi) is 4.20. The number of Topliss-reactive ketones (excluding diaryl/α,β-unsaturated/α-hetero) is 1. The van der Waals surface area contributed by atoms with E-state index in [-0.39, 0.29) is 18.9 Å². The second-order valence-electron chi connectivity index (χ2n) is 5.15. The van der Waals surface area contributed by atoms with Crippen molar-refractivity contribution in [1.29, 1.82) is 0 Å². The van der Waals surface area contributed by atoms with Gasteiger partial charge in [0.15, 0.2) is 6.61 Å². The Bertz CT molecular complexity index is 882. The van der Waals surface area contributed by atoms with Gasteiger partial charge in [-0.2, -0.15) is 0 Å². The zero-order valence-corrected chi connectivity index (χ0v) is 13.6. The molecule has 3 aromatic rings. The molecule has 0 atom stereocenters. The van der Waals surface area contributed by atoms with Crippen LogP contribution in [0.15, 0.2) is 30.3 Å². The monoisotopic (exact) mass is 329 g/mol. The quantitative estimate of drug-likeness (QED) is 0.531. The Labute approximate surface area is 136 Å². The summed E-state index contributed by atoms with van der Waals surface area (Å²) >= 11 is 1.55. The minimum Gasteiger partial charge on any atom is -0.456 e. The first-order valence-corrected chi connectivity index (χ1v) is 7.90. The standard InChI is InChI=1S/C16H15N3O3S/c1-10-7-12(11(2)23-10)15(20)9-22-16(21)8-19-14-6-4-3-5-13(14)17-18-19/h3-7H,8-9H2,1-2H3. The Balaban J connectivity index is 1.61. The number of hydrogen-bond donors (Lipinski definition) is 0. The first-order chi connectivity index (χ1) is 11.0. The van der Waals surface area contributed by atoms with Crippen molar-refractivity contribution in [3.63, 3.8) is 0 Å². The summed E-state index contributed by atoms with van der Waals surface area (Å²) < 4.78 is 6.53. The second kappa shape index (κ2) is 6.29. The number of thiophene rings is 1. The number of aryl methyl sites for hydroxylation is 2. The zero-order chi connectivity index (χ0) is 16.4. The van der Waals surface area contributed by atoms with Crippen LogP contribution in [0.2, 0.25) is 0 Å². The Morgan fingerprint density at radius 1 is 1.26 bits per heavy atom. The Morgan fingerprint density at radius 2 is 2.04 bits per heavy atom. The van der Waals surface area contributed by atoms with E-state index in [9.17, 15) is 9.59 Å². The molecule has 0 bridgehead atoms. The van der Waals surface area contributed by atoms with Crippen molar-refractivity contribution in [2.24, 2.45) is 0 Å². The lowest BCUT2D eigenvalue weighted by Crippen LogP contribution is -2.19. The lowest BCUT2D eigenvalue weighted by molar-refractivity contribution is -0.143. The third kappa shape index (κ3) is 3.29. The van der Waals surface area contributed by atoms with Gasteiger partial charge in [-0.15, -0.1) is 16.4 Å². The molecule has 0 radical (unpaired) electrons. The molecule has 0 fully saturated rings. The molecular weight excluding hydrogens is 314 g/mol. The van der Waals surface area contributed by atoms with E-state index in [2.05, 4.69) is 10.3 Å². The summed E-state index contributed by atoms with van der Waals surface area (Å²) in [7, 11) is 0. The van der Waals surface area contributed by atoms with Gasteiger partial charge in [0.1, 0.15) is 12.1 Å². The average molecular weight is 329 g/mol. The van der Waals surface area contributed by atoms with Gasteiger partial charge in [0, 0.05) is 15.3 Å². The number of para-hydroxylation sites is 1. The van der Waals surface area contributed by atoms with Gasteiger partial charge in [-0.3, -0.25) is 9.59 Å². The zero-order valence-electron chi connectivity index (χ0n) is 12.8. The second-order valence-corrected chi connectivity index (χ2v) is 6.61. The minimum absolute atomic E-state index is 0.0740. The molecule has 0 aliphatic carbocycles. The lowest BCUT2D eigenvalue weighted by Gasteiger charge is -2.04. The van der Waals surface area contributed by atoms with Crippen LogP contribution < -0.4 is 0 Å². The molecule has 3 rings (SSSR count). The number of hydrogen-bond acceptors (Lipinski definition) is 6.